The van der Waals surface area contributed by atoms with Gasteiger partial charge in [0, 0.05) is 38.8 Å². The smallest absolute Gasteiger partial charge is 0.335 e. The molecule has 1 N–H and O–H groups in total. The molecular weight excluding hydrogens is 312 g/mol. The zero-order valence-corrected chi connectivity index (χ0v) is 14.8. The first-order chi connectivity index (χ1) is 12.1. The van der Waals surface area contributed by atoms with E-state index in [0.717, 1.165) is 39.1 Å². The van der Waals surface area contributed by atoms with E-state index in [9.17, 15) is 4.79 Å². The van der Waals surface area contributed by atoms with Gasteiger partial charge >= 0.3 is 5.97 Å². The van der Waals surface area contributed by atoms with Crippen molar-refractivity contribution in [1.29, 1.82) is 0 Å². The molecule has 25 heavy (non-hydrogen) atoms. The zero-order valence-electron chi connectivity index (χ0n) is 14.8. The maximum absolute atomic E-state index is 10.9. The van der Waals surface area contributed by atoms with Gasteiger partial charge < -0.3 is 5.11 Å². The van der Waals surface area contributed by atoms with Crippen molar-refractivity contribution >= 4 is 5.97 Å². The monoisotopic (exact) mass is 338 g/mol. The Balaban J connectivity index is 1.48. The number of benzene rings is 2. The van der Waals surface area contributed by atoms with Gasteiger partial charge in [-0.25, -0.2) is 4.79 Å². The van der Waals surface area contributed by atoms with Crippen LogP contribution >= 0.6 is 0 Å². The second-order valence-electron chi connectivity index (χ2n) is 6.85. The summed E-state index contributed by atoms with van der Waals surface area (Å²) in [4.78, 5) is 16.0. The SMILES string of the molecule is CC(Cc1ccc(C(=O)O)cc1)N1CCN(Cc2ccccc2)CC1. The standard InChI is InChI=1S/C21H26N2O2/c1-17(15-18-7-9-20(10-8-18)21(24)25)23-13-11-22(12-14-23)16-19-5-3-2-4-6-19/h2-10,17H,11-16H2,1H3,(H,24,25). The van der Waals surface area contributed by atoms with Crippen LogP contribution in [-0.4, -0.2) is 53.1 Å². The minimum Gasteiger partial charge on any atom is -0.478 e. The summed E-state index contributed by atoms with van der Waals surface area (Å²) >= 11 is 0. The summed E-state index contributed by atoms with van der Waals surface area (Å²) in [6, 6.07) is 18.4. The summed E-state index contributed by atoms with van der Waals surface area (Å²) in [6.07, 6.45) is 0.957. The lowest BCUT2D eigenvalue weighted by molar-refractivity contribution is 0.0697. The first-order valence-corrected chi connectivity index (χ1v) is 8.94. The van der Waals surface area contributed by atoms with Crippen molar-refractivity contribution in [1.82, 2.24) is 9.80 Å². The molecule has 0 aromatic heterocycles. The van der Waals surface area contributed by atoms with E-state index in [0.29, 0.717) is 11.6 Å². The maximum Gasteiger partial charge on any atom is 0.335 e. The maximum atomic E-state index is 10.9. The first kappa shape index (κ1) is 17.6. The van der Waals surface area contributed by atoms with Gasteiger partial charge in [-0.15, -0.1) is 0 Å². The number of carbonyl (C=O) groups is 1. The van der Waals surface area contributed by atoms with Crippen LogP contribution in [0.5, 0.6) is 0 Å². The normalized spacial score (nSPS) is 17.3. The number of carboxylic acids is 1. The molecule has 0 spiro atoms. The Hall–Kier alpha value is -2.17. The summed E-state index contributed by atoms with van der Waals surface area (Å²) in [5.41, 5.74) is 2.93. The van der Waals surface area contributed by atoms with E-state index in [1.54, 1.807) is 12.1 Å². The number of piperazine rings is 1. The minimum absolute atomic E-state index is 0.353. The van der Waals surface area contributed by atoms with E-state index >= 15 is 0 Å². The lowest BCUT2D eigenvalue weighted by atomic mass is 10.0. The van der Waals surface area contributed by atoms with Crippen LogP contribution in [0.4, 0.5) is 0 Å². The number of rotatable bonds is 6. The van der Waals surface area contributed by atoms with Gasteiger partial charge in [0.05, 0.1) is 5.56 Å². The van der Waals surface area contributed by atoms with Crippen LogP contribution in [0.3, 0.4) is 0 Å². The molecule has 0 amide bonds. The summed E-state index contributed by atoms with van der Waals surface area (Å²) in [6.45, 7) is 7.65. The van der Waals surface area contributed by atoms with E-state index in [1.807, 2.05) is 12.1 Å². The highest BCUT2D eigenvalue weighted by Crippen LogP contribution is 2.14. The minimum atomic E-state index is -0.867. The average Bonchev–Trinajstić information content (AvgIpc) is 2.63. The summed E-state index contributed by atoms with van der Waals surface area (Å²) in [5, 5.41) is 8.98. The topological polar surface area (TPSA) is 43.8 Å². The fraction of sp³-hybridized carbons (Fsp3) is 0.381. The van der Waals surface area contributed by atoms with E-state index in [2.05, 4.69) is 47.1 Å². The van der Waals surface area contributed by atoms with Crippen LogP contribution in [0.15, 0.2) is 54.6 Å². The predicted molar refractivity (Wildman–Crippen MR) is 99.9 cm³/mol. The predicted octanol–water partition coefficient (Wildman–Crippen LogP) is 3.13. The highest BCUT2D eigenvalue weighted by atomic mass is 16.4. The molecule has 3 rings (SSSR count). The number of nitrogens with zero attached hydrogens (tertiary/aromatic N) is 2. The molecule has 4 heteroatoms. The Morgan fingerprint density at radius 2 is 1.60 bits per heavy atom. The quantitative estimate of drug-likeness (QED) is 0.879. The molecule has 1 heterocycles. The van der Waals surface area contributed by atoms with Gasteiger partial charge in [-0.2, -0.15) is 0 Å². The summed E-state index contributed by atoms with van der Waals surface area (Å²) in [7, 11) is 0. The molecule has 1 aliphatic heterocycles. The second-order valence-corrected chi connectivity index (χ2v) is 6.85. The third-order valence-corrected chi connectivity index (χ3v) is 5.01. The van der Waals surface area contributed by atoms with Crippen molar-refractivity contribution in [3.8, 4) is 0 Å². The molecule has 2 aromatic rings. The Morgan fingerprint density at radius 1 is 0.960 bits per heavy atom. The summed E-state index contributed by atoms with van der Waals surface area (Å²) in [5.74, 6) is -0.867. The molecule has 0 bridgehead atoms. The third-order valence-electron chi connectivity index (χ3n) is 5.01. The Morgan fingerprint density at radius 3 is 2.20 bits per heavy atom. The Bertz CT molecular complexity index is 677. The van der Waals surface area contributed by atoms with Crippen LogP contribution in [0.25, 0.3) is 0 Å². The van der Waals surface area contributed by atoms with Gasteiger partial charge in [-0.05, 0) is 36.6 Å². The van der Waals surface area contributed by atoms with Crippen LogP contribution in [0, 0.1) is 0 Å². The average molecular weight is 338 g/mol. The van der Waals surface area contributed by atoms with Crippen molar-refractivity contribution in [2.24, 2.45) is 0 Å². The van der Waals surface area contributed by atoms with Crippen LogP contribution < -0.4 is 0 Å². The molecule has 0 radical (unpaired) electrons. The molecule has 1 atom stereocenters. The first-order valence-electron chi connectivity index (χ1n) is 8.94. The fourth-order valence-corrected chi connectivity index (χ4v) is 3.46. The molecule has 1 unspecified atom stereocenters. The Labute approximate surface area is 149 Å². The molecule has 0 aliphatic carbocycles. The van der Waals surface area contributed by atoms with Crippen LogP contribution in [0.1, 0.15) is 28.4 Å². The highest BCUT2D eigenvalue weighted by molar-refractivity contribution is 5.87. The molecule has 1 saturated heterocycles. The fourth-order valence-electron chi connectivity index (χ4n) is 3.46. The van der Waals surface area contributed by atoms with Gasteiger partial charge in [0.25, 0.3) is 0 Å². The van der Waals surface area contributed by atoms with Crippen LogP contribution in [0.2, 0.25) is 0 Å². The van der Waals surface area contributed by atoms with Crippen molar-refractivity contribution < 1.29 is 9.90 Å². The van der Waals surface area contributed by atoms with Gasteiger partial charge in [0.15, 0.2) is 0 Å². The zero-order chi connectivity index (χ0) is 17.6. The lowest BCUT2D eigenvalue weighted by Gasteiger charge is -2.38. The highest BCUT2D eigenvalue weighted by Gasteiger charge is 2.21. The molecule has 1 fully saturated rings. The number of hydrogen-bond donors (Lipinski definition) is 1. The molecule has 1 aliphatic rings. The van der Waals surface area contributed by atoms with Crippen LogP contribution in [-0.2, 0) is 13.0 Å². The molecule has 132 valence electrons. The largest absolute Gasteiger partial charge is 0.478 e. The molecular formula is C21H26N2O2. The molecule has 4 nitrogen and oxygen atoms in total. The van der Waals surface area contributed by atoms with E-state index in [1.165, 1.54) is 11.1 Å². The number of carboxylic acid groups (broad SMARTS) is 1. The van der Waals surface area contributed by atoms with Crippen molar-refractivity contribution in [3.63, 3.8) is 0 Å². The molecule has 2 aromatic carbocycles. The van der Waals surface area contributed by atoms with Crippen molar-refractivity contribution in [2.75, 3.05) is 26.2 Å². The van der Waals surface area contributed by atoms with E-state index in [-0.39, 0.29) is 0 Å². The summed E-state index contributed by atoms with van der Waals surface area (Å²) < 4.78 is 0. The van der Waals surface area contributed by atoms with E-state index < -0.39 is 5.97 Å². The second kappa shape index (κ2) is 8.28. The van der Waals surface area contributed by atoms with E-state index in [4.69, 9.17) is 5.11 Å². The third kappa shape index (κ3) is 4.91. The Kier molecular flexibility index (Phi) is 5.84. The van der Waals surface area contributed by atoms with Crippen molar-refractivity contribution in [3.05, 3.63) is 71.3 Å². The van der Waals surface area contributed by atoms with Crippen molar-refractivity contribution in [2.45, 2.75) is 25.9 Å². The van der Waals surface area contributed by atoms with Gasteiger partial charge in [-0.1, -0.05) is 42.5 Å². The lowest BCUT2D eigenvalue weighted by Crippen LogP contribution is -2.49. The van der Waals surface area contributed by atoms with Gasteiger partial charge in [0.2, 0.25) is 0 Å². The van der Waals surface area contributed by atoms with Gasteiger partial charge in [-0.3, -0.25) is 9.80 Å². The number of aromatic carboxylic acids is 1. The number of hydrogen-bond acceptors (Lipinski definition) is 3. The van der Waals surface area contributed by atoms with Gasteiger partial charge in [0.1, 0.15) is 0 Å². The molecule has 0 saturated carbocycles.